The molecule has 2 aliphatic rings. The third kappa shape index (κ3) is 2.53. The van der Waals surface area contributed by atoms with Gasteiger partial charge in [-0.15, -0.1) is 0 Å². The highest BCUT2D eigenvalue weighted by Gasteiger charge is 2.38. The lowest BCUT2D eigenvalue weighted by molar-refractivity contribution is -0.152. The van der Waals surface area contributed by atoms with Crippen molar-refractivity contribution in [3.8, 4) is 0 Å². The van der Waals surface area contributed by atoms with Crippen LogP contribution in [0.3, 0.4) is 0 Å². The van der Waals surface area contributed by atoms with Crippen LogP contribution in [-0.2, 0) is 14.4 Å². The van der Waals surface area contributed by atoms with Gasteiger partial charge in [-0.3, -0.25) is 19.7 Å². The standard InChI is InChI=1S/C12H19N3O3/c1-2-9-11(17)14-10(16)7-15(9)12(18)8-4-3-5-13-6-8/h8-9,13H,2-7H2,1H3,(H,14,16,17)/t8-,9?/m1/s1. The van der Waals surface area contributed by atoms with Crippen LogP contribution in [-0.4, -0.2) is 48.3 Å². The summed E-state index contributed by atoms with van der Waals surface area (Å²) < 4.78 is 0. The first-order chi connectivity index (χ1) is 8.63. The van der Waals surface area contributed by atoms with Crippen molar-refractivity contribution in [3.63, 3.8) is 0 Å². The van der Waals surface area contributed by atoms with Crippen molar-refractivity contribution < 1.29 is 14.4 Å². The summed E-state index contributed by atoms with van der Waals surface area (Å²) >= 11 is 0. The quantitative estimate of drug-likeness (QED) is 0.635. The summed E-state index contributed by atoms with van der Waals surface area (Å²) in [7, 11) is 0. The molecule has 0 saturated carbocycles. The third-order valence-electron chi connectivity index (χ3n) is 3.57. The lowest BCUT2D eigenvalue weighted by Gasteiger charge is -2.36. The molecule has 6 nitrogen and oxygen atoms in total. The van der Waals surface area contributed by atoms with Crippen molar-refractivity contribution in [3.05, 3.63) is 0 Å². The lowest BCUT2D eigenvalue weighted by Crippen LogP contribution is -2.61. The molecule has 0 aromatic heterocycles. The average molecular weight is 253 g/mol. The third-order valence-corrected chi connectivity index (χ3v) is 3.57. The van der Waals surface area contributed by atoms with Crippen LogP contribution in [0.15, 0.2) is 0 Å². The summed E-state index contributed by atoms with van der Waals surface area (Å²) in [4.78, 5) is 36.9. The van der Waals surface area contributed by atoms with E-state index in [2.05, 4.69) is 10.6 Å². The van der Waals surface area contributed by atoms with Crippen molar-refractivity contribution in [1.29, 1.82) is 0 Å². The van der Waals surface area contributed by atoms with E-state index in [4.69, 9.17) is 0 Å². The average Bonchev–Trinajstić information content (AvgIpc) is 2.38. The first-order valence-corrected chi connectivity index (χ1v) is 6.48. The minimum absolute atomic E-state index is 0.000417. The largest absolute Gasteiger partial charge is 0.321 e. The van der Waals surface area contributed by atoms with Gasteiger partial charge in [-0.25, -0.2) is 0 Å². The molecule has 2 saturated heterocycles. The molecule has 1 unspecified atom stereocenters. The molecule has 2 atom stereocenters. The fourth-order valence-electron chi connectivity index (χ4n) is 2.60. The maximum atomic E-state index is 12.4. The minimum atomic E-state index is -0.503. The molecule has 18 heavy (non-hydrogen) atoms. The van der Waals surface area contributed by atoms with E-state index in [-0.39, 0.29) is 30.2 Å². The number of hydrogen-bond acceptors (Lipinski definition) is 4. The number of piperazine rings is 1. The summed E-state index contributed by atoms with van der Waals surface area (Å²) in [5.41, 5.74) is 0. The van der Waals surface area contributed by atoms with Gasteiger partial charge in [0.2, 0.25) is 17.7 Å². The Labute approximate surface area is 106 Å². The van der Waals surface area contributed by atoms with Gasteiger partial charge in [0.25, 0.3) is 0 Å². The molecule has 2 rings (SSSR count). The van der Waals surface area contributed by atoms with Crippen LogP contribution < -0.4 is 10.6 Å². The molecule has 0 aliphatic carbocycles. The second-order valence-corrected chi connectivity index (χ2v) is 4.85. The highest BCUT2D eigenvalue weighted by molar-refractivity contribution is 6.04. The Kier molecular flexibility index (Phi) is 3.96. The molecular formula is C12H19N3O3. The van der Waals surface area contributed by atoms with E-state index in [1.165, 1.54) is 4.90 Å². The van der Waals surface area contributed by atoms with Gasteiger partial charge in [-0.2, -0.15) is 0 Å². The van der Waals surface area contributed by atoms with E-state index in [0.717, 1.165) is 19.4 Å². The molecule has 2 heterocycles. The predicted molar refractivity (Wildman–Crippen MR) is 64.5 cm³/mol. The lowest BCUT2D eigenvalue weighted by atomic mass is 9.96. The van der Waals surface area contributed by atoms with Crippen LogP contribution in [0.2, 0.25) is 0 Å². The Morgan fingerprint density at radius 1 is 1.44 bits per heavy atom. The Morgan fingerprint density at radius 3 is 2.83 bits per heavy atom. The van der Waals surface area contributed by atoms with E-state index in [1.807, 2.05) is 6.92 Å². The zero-order valence-corrected chi connectivity index (χ0v) is 10.6. The number of imide groups is 1. The van der Waals surface area contributed by atoms with Crippen LogP contribution in [0, 0.1) is 5.92 Å². The maximum Gasteiger partial charge on any atom is 0.249 e. The number of carbonyl (C=O) groups is 3. The SMILES string of the molecule is CCC1C(=O)NC(=O)CN1C(=O)[C@@H]1CCCNC1. The van der Waals surface area contributed by atoms with E-state index in [1.54, 1.807) is 0 Å². The van der Waals surface area contributed by atoms with Crippen LogP contribution in [0.25, 0.3) is 0 Å². The predicted octanol–water partition coefficient (Wildman–Crippen LogP) is -0.750. The first-order valence-electron chi connectivity index (χ1n) is 6.48. The number of rotatable bonds is 2. The summed E-state index contributed by atoms with van der Waals surface area (Å²) in [6.07, 6.45) is 2.32. The van der Waals surface area contributed by atoms with Crippen molar-refractivity contribution in [1.82, 2.24) is 15.5 Å². The molecule has 3 amide bonds. The fourth-order valence-corrected chi connectivity index (χ4v) is 2.60. The summed E-state index contributed by atoms with van der Waals surface area (Å²) in [6, 6.07) is -0.503. The number of piperidine rings is 1. The fraction of sp³-hybridized carbons (Fsp3) is 0.750. The summed E-state index contributed by atoms with van der Waals surface area (Å²) in [5.74, 6) is -0.920. The highest BCUT2D eigenvalue weighted by atomic mass is 16.2. The van der Waals surface area contributed by atoms with Gasteiger partial charge in [0, 0.05) is 6.54 Å². The topological polar surface area (TPSA) is 78.5 Å². The number of carbonyl (C=O) groups excluding carboxylic acids is 3. The van der Waals surface area contributed by atoms with E-state index in [0.29, 0.717) is 13.0 Å². The van der Waals surface area contributed by atoms with Crippen LogP contribution >= 0.6 is 0 Å². The molecule has 0 radical (unpaired) electrons. The van der Waals surface area contributed by atoms with Crippen LogP contribution in [0.5, 0.6) is 0 Å². The number of nitrogens with one attached hydrogen (secondary N) is 2. The van der Waals surface area contributed by atoms with Crippen LogP contribution in [0.1, 0.15) is 26.2 Å². The second kappa shape index (κ2) is 5.48. The van der Waals surface area contributed by atoms with E-state index < -0.39 is 6.04 Å². The van der Waals surface area contributed by atoms with Crippen molar-refractivity contribution in [2.24, 2.45) is 5.92 Å². The second-order valence-electron chi connectivity index (χ2n) is 4.85. The Bertz CT molecular complexity index is 364. The van der Waals surface area contributed by atoms with Gasteiger partial charge in [0.1, 0.15) is 12.6 Å². The number of hydrogen-bond donors (Lipinski definition) is 2. The molecule has 2 aliphatic heterocycles. The normalized spacial score (nSPS) is 29.1. The molecule has 100 valence electrons. The summed E-state index contributed by atoms with van der Waals surface area (Å²) in [6.45, 7) is 3.42. The molecule has 0 spiro atoms. The maximum absolute atomic E-state index is 12.4. The zero-order chi connectivity index (χ0) is 13.1. The van der Waals surface area contributed by atoms with E-state index >= 15 is 0 Å². The number of nitrogens with zero attached hydrogens (tertiary/aromatic N) is 1. The zero-order valence-electron chi connectivity index (χ0n) is 10.6. The van der Waals surface area contributed by atoms with E-state index in [9.17, 15) is 14.4 Å². The van der Waals surface area contributed by atoms with Gasteiger partial charge >= 0.3 is 0 Å². The van der Waals surface area contributed by atoms with Gasteiger partial charge in [0.05, 0.1) is 5.92 Å². The molecule has 6 heteroatoms. The molecule has 2 N–H and O–H groups in total. The first kappa shape index (κ1) is 13.0. The Morgan fingerprint density at radius 2 is 2.22 bits per heavy atom. The molecule has 0 aromatic rings. The van der Waals surface area contributed by atoms with Crippen molar-refractivity contribution >= 4 is 17.7 Å². The molecule has 0 bridgehead atoms. The van der Waals surface area contributed by atoms with Gasteiger partial charge in [-0.1, -0.05) is 6.92 Å². The van der Waals surface area contributed by atoms with Gasteiger partial charge in [0.15, 0.2) is 0 Å². The monoisotopic (exact) mass is 253 g/mol. The molecule has 2 fully saturated rings. The van der Waals surface area contributed by atoms with Gasteiger partial charge < -0.3 is 10.2 Å². The Hall–Kier alpha value is -1.43. The summed E-state index contributed by atoms with van der Waals surface area (Å²) in [5, 5.41) is 5.46. The van der Waals surface area contributed by atoms with Crippen molar-refractivity contribution in [2.75, 3.05) is 19.6 Å². The van der Waals surface area contributed by atoms with Crippen molar-refractivity contribution in [2.45, 2.75) is 32.2 Å². The van der Waals surface area contributed by atoms with Gasteiger partial charge in [-0.05, 0) is 25.8 Å². The molecule has 0 aromatic carbocycles. The Balaban J connectivity index is 2.10. The minimum Gasteiger partial charge on any atom is -0.321 e. The van der Waals surface area contributed by atoms with Crippen LogP contribution in [0.4, 0.5) is 0 Å². The molecular weight excluding hydrogens is 234 g/mol. The highest BCUT2D eigenvalue weighted by Crippen LogP contribution is 2.18. The number of amides is 3. The smallest absolute Gasteiger partial charge is 0.249 e.